The molecule has 0 saturated carbocycles. The Bertz CT molecular complexity index is 1010. The number of nitriles is 1. The number of nitrogens with zero attached hydrogens (tertiary/aromatic N) is 4. The molecular weight excluding hydrogens is 386 g/mol. The molecule has 2 aromatic heterocycles. The second-order valence-corrected chi connectivity index (χ2v) is 6.68. The summed E-state index contributed by atoms with van der Waals surface area (Å²) in [5.41, 5.74) is 0.875. The van der Waals surface area contributed by atoms with Gasteiger partial charge in [-0.25, -0.2) is 0 Å². The van der Waals surface area contributed by atoms with Gasteiger partial charge in [0.15, 0.2) is 10.9 Å². The molecule has 3 aromatic rings. The fraction of sp³-hybridized carbons (Fsp3) is 0.111. The number of carbonyl (C=O) groups is 1. The van der Waals surface area contributed by atoms with Crippen LogP contribution in [0.5, 0.6) is 0 Å². The van der Waals surface area contributed by atoms with Gasteiger partial charge in [-0.2, -0.15) is 5.26 Å². The highest BCUT2D eigenvalue weighted by atomic mass is 35.5. The van der Waals surface area contributed by atoms with Gasteiger partial charge in [-0.1, -0.05) is 29.4 Å². The van der Waals surface area contributed by atoms with Crippen molar-refractivity contribution in [1.29, 1.82) is 5.26 Å². The molecule has 9 heteroatoms. The van der Waals surface area contributed by atoms with Gasteiger partial charge in [0, 0.05) is 12.2 Å². The van der Waals surface area contributed by atoms with Gasteiger partial charge in [-0.15, -0.1) is 16.8 Å². The molecule has 27 heavy (non-hydrogen) atoms. The van der Waals surface area contributed by atoms with E-state index in [1.165, 1.54) is 17.8 Å². The summed E-state index contributed by atoms with van der Waals surface area (Å²) in [6, 6.07) is 10.3. The van der Waals surface area contributed by atoms with Gasteiger partial charge in [-0.3, -0.25) is 9.36 Å². The average molecular weight is 400 g/mol. The Morgan fingerprint density at radius 2 is 2.30 bits per heavy atom. The first kappa shape index (κ1) is 18.8. The highest BCUT2D eigenvalue weighted by molar-refractivity contribution is 7.99. The minimum Gasteiger partial charge on any atom is -0.461 e. The Kier molecular flexibility index (Phi) is 5.96. The standard InChI is InChI=1S/C18H14ClN5O2S/c1-2-7-24-17(15-4-3-8-26-15)22-23-18(24)27-11-16(25)21-13-6-5-12(10-20)14(19)9-13/h2-6,8-9H,1,7,11H2,(H,21,25). The first-order valence-electron chi connectivity index (χ1n) is 7.82. The number of allylic oxidation sites excluding steroid dienone is 1. The minimum atomic E-state index is -0.228. The quantitative estimate of drug-likeness (QED) is 0.476. The van der Waals surface area contributed by atoms with Gasteiger partial charge >= 0.3 is 0 Å². The van der Waals surface area contributed by atoms with E-state index in [2.05, 4.69) is 22.1 Å². The second-order valence-electron chi connectivity index (χ2n) is 5.33. The fourth-order valence-corrected chi connectivity index (χ4v) is 3.26. The number of hydrogen-bond donors (Lipinski definition) is 1. The third kappa shape index (κ3) is 4.39. The Labute approximate surface area is 164 Å². The van der Waals surface area contributed by atoms with Gasteiger partial charge in [0.2, 0.25) is 11.7 Å². The zero-order chi connectivity index (χ0) is 19.2. The summed E-state index contributed by atoms with van der Waals surface area (Å²) in [6.45, 7) is 4.23. The van der Waals surface area contributed by atoms with Crippen molar-refractivity contribution in [2.24, 2.45) is 0 Å². The summed E-state index contributed by atoms with van der Waals surface area (Å²) in [6.07, 6.45) is 3.28. The van der Waals surface area contributed by atoms with E-state index >= 15 is 0 Å². The number of rotatable bonds is 7. The van der Waals surface area contributed by atoms with Gasteiger partial charge in [0.1, 0.15) is 6.07 Å². The number of anilines is 1. The summed E-state index contributed by atoms with van der Waals surface area (Å²) in [5, 5.41) is 20.8. The number of halogens is 1. The van der Waals surface area contributed by atoms with Gasteiger partial charge in [0.05, 0.1) is 22.6 Å². The first-order valence-corrected chi connectivity index (χ1v) is 9.19. The zero-order valence-electron chi connectivity index (χ0n) is 14.1. The number of hydrogen-bond acceptors (Lipinski definition) is 6. The maximum atomic E-state index is 12.2. The molecule has 7 nitrogen and oxygen atoms in total. The molecule has 136 valence electrons. The molecule has 3 rings (SSSR count). The lowest BCUT2D eigenvalue weighted by Gasteiger charge is -2.07. The number of furan rings is 1. The van der Waals surface area contributed by atoms with E-state index in [0.717, 1.165) is 0 Å². The van der Waals surface area contributed by atoms with Gasteiger partial charge < -0.3 is 9.73 Å². The highest BCUT2D eigenvalue weighted by Gasteiger charge is 2.16. The van der Waals surface area contributed by atoms with Crippen molar-refractivity contribution < 1.29 is 9.21 Å². The predicted octanol–water partition coefficient (Wildman–Crippen LogP) is 3.98. The van der Waals surface area contributed by atoms with E-state index in [1.54, 1.807) is 36.6 Å². The molecule has 1 amide bonds. The topological polar surface area (TPSA) is 96.7 Å². The fourth-order valence-electron chi connectivity index (χ4n) is 2.29. The zero-order valence-corrected chi connectivity index (χ0v) is 15.6. The van der Waals surface area contributed by atoms with Gasteiger partial charge in [0.25, 0.3) is 0 Å². The molecule has 0 spiro atoms. The van der Waals surface area contributed by atoms with Crippen molar-refractivity contribution in [3.05, 3.63) is 59.8 Å². The number of benzene rings is 1. The molecule has 0 saturated heterocycles. The summed E-state index contributed by atoms with van der Waals surface area (Å²) in [5.74, 6) is 1.06. The summed E-state index contributed by atoms with van der Waals surface area (Å²) in [4.78, 5) is 12.2. The largest absolute Gasteiger partial charge is 0.461 e. The van der Waals surface area contributed by atoms with Gasteiger partial charge in [-0.05, 0) is 30.3 Å². The number of thioether (sulfide) groups is 1. The van der Waals surface area contributed by atoms with Crippen molar-refractivity contribution in [2.45, 2.75) is 11.7 Å². The smallest absolute Gasteiger partial charge is 0.234 e. The lowest BCUT2D eigenvalue weighted by atomic mass is 10.2. The highest BCUT2D eigenvalue weighted by Crippen LogP contribution is 2.25. The second kappa shape index (κ2) is 8.58. The number of carbonyl (C=O) groups excluding carboxylic acids is 1. The minimum absolute atomic E-state index is 0.130. The molecule has 0 aliphatic heterocycles. The van der Waals surface area contributed by atoms with Crippen LogP contribution in [-0.4, -0.2) is 26.4 Å². The van der Waals surface area contributed by atoms with Crippen molar-refractivity contribution >= 4 is 35.0 Å². The number of nitrogens with one attached hydrogen (secondary N) is 1. The van der Waals surface area contributed by atoms with Crippen LogP contribution in [0.25, 0.3) is 11.6 Å². The molecule has 0 unspecified atom stereocenters. The normalized spacial score (nSPS) is 10.4. The van der Waals surface area contributed by atoms with Crippen molar-refractivity contribution in [2.75, 3.05) is 11.1 Å². The molecule has 0 aliphatic carbocycles. The van der Waals surface area contributed by atoms with E-state index in [1.807, 2.05) is 10.6 Å². The third-order valence-corrected chi connectivity index (χ3v) is 4.76. The van der Waals surface area contributed by atoms with E-state index < -0.39 is 0 Å². The lowest BCUT2D eigenvalue weighted by molar-refractivity contribution is -0.113. The third-order valence-electron chi connectivity index (χ3n) is 3.48. The van der Waals surface area contributed by atoms with Crippen LogP contribution in [0.4, 0.5) is 5.69 Å². The molecule has 0 bridgehead atoms. The number of amides is 1. The van der Waals surface area contributed by atoms with E-state index in [-0.39, 0.29) is 16.7 Å². The van der Waals surface area contributed by atoms with Crippen LogP contribution < -0.4 is 5.32 Å². The van der Waals surface area contributed by atoms with Crippen LogP contribution in [0, 0.1) is 11.3 Å². The molecule has 0 aliphatic rings. The van der Waals surface area contributed by atoms with E-state index in [4.69, 9.17) is 21.3 Å². The average Bonchev–Trinajstić information content (AvgIpc) is 3.30. The molecule has 0 fully saturated rings. The van der Waals surface area contributed by atoms with Crippen molar-refractivity contribution in [3.8, 4) is 17.7 Å². The molecule has 1 aromatic carbocycles. The SMILES string of the molecule is C=CCn1c(SCC(=O)Nc2ccc(C#N)c(Cl)c2)nnc1-c1ccco1. The number of aromatic nitrogens is 3. The monoisotopic (exact) mass is 399 g/mol. The van der Waals surface area contributed by atoms with E-state index in [0.29, 0.717) is 34.5 Å². The summed E-state index contributed by atoms with van der Waals surface area (Å²) < 4.78 is 7.19. The van der Waals surface area contributed by atoms with Crippen molar-refractivity contribution in [3.63, 3.8) is 0 Å². The van der Waals surface area contributed by atoms with Crippen LogP contribution >= 0.6 is 23.4 Å². The van der Waals surface area contributed by atoms with Crippen LogP contribution in [-0.2, 0) is 11.3 Å². The predicted molar refractivity (Wildman–Crippen MR) is 103 cm³/mol. The Balaban J connectivity index is 1.68. The molecule has 2 heterocycles. The Morgan fingerprint density at radius 3 is 2.96 bits per heavy atom. The van der Waals surface area contributed by atoms with Crippen LogP contribution in [0.1, 0.15) is 5.56 Å². The summed E-state index contributed by atoms with van der Waals surface area (Å²) in [7, 11) is 0. The van der Waals surface area contributed by atoms with Crippen LogP contribution in [0.2, 0.25) is 5.02 Å². The molecule has 1 N–H and O–H groups in total. The molecule has 0 radical (unpaired) electrons. The van der Waals surface area contributed by atoms with E-state index in [9.17, 15) is 4.79 Å². The first-order chi connectivity index (χ1) is 13.1. The van der Waals surface area contributed by atoms with Crippen LogP contribution in [0.3, 0.4) is 0 Å². The maximum absolute atomic E-state index is 12.2. The Morgan fingerprint density at radius 1 is 1.44 bits per heavy atom. The molecule has 0 atom stereocenters. The Hall–Kier alpha value is -3.02. The van der Waals surface area contributed by atoms with Crippen LogP contribution in [0.15, 0.2) is 58.8 Å². The molecular formula is C18H14ClN5O2S. The maximum Gasteiger partial charge on any atom is 0.234 e. The summed E-state index contributed by atoms with van der Waals surface area (Å²) >= 11 is 7.22. The lowest BCUT2D eigenvalue weighted by Crippen LogP contribution is -2.14. The van der Waals surface area contributed by atoms with Crippen molar-refractivity contribution in [1.82, 2.24) is 14.8 Å².